The molecule has 3 nitrogen and oxygen atoms in total. The van der Waals surface area contributed by atoms with E-state index in [2.05, 4.69) is 34.3 Å². The van der Waals surface area contributed by atoms with Gasteiger partial charge in [0, 0.05) is 25.4 Å². The van der Waals surface area contributed by atoms with Gasteiger partial charge in [0.2, 0.25) is 0 Å². The lowest BCUT2D eigenvalue weighted by Crippen LogP contribution is -2.42. The van der Waals surface area contributed by atoms with E-state index in [1.54, 1.807) is 0 Å². The lowest BCUT2D eigenvalue weighted by molar-refractivity contribution is 0.282. The van der Waals surface area contributed by atoms with E-state index in [1.165, 1.54) is 44.3 Å². The molecule has 0 radical (unpaired) electrons. The molecule has 1 aliphatic heterocycles. The first kappa shape index (κ1) is 18.4. The highest BCUT2D eigenvalue weighted by Crippen LogP contribution is 2.28. The van der Waals surface area contributed by atoms with Gasteiger partial charge in [-0.3, -0.25) is 4.99 Å². The number of nitrogens with zero attached hydrogens (tertiary/aromatic N) is 1. The van der Waals surface area contributed by atoms with Crippen molar-refractivity contribution in [3.8, 4) is 0 Å². The monoisotopic (exact) mass is 411 g/mol. The van der Waals surface area contributed by atoms with Crippen LogP contribution in [0.15, 0.2) is 4.99 Å². The molecule has 2 N–H and O–H groups in total. The number of nitrogens with one attached hydrogen (secondary N) is 2. The van der Waals surface area contributed by atoms with Crippen molar-refractivity contribution in [2.24, 2.45) is 16.8 Å². The Morgan fingerprint density at radius 2 is 1.95 bits per heavy atom. The molecule has 5 heteroatoms. The predicted molar refractivity (Wildman–Crippen MR) is 101 cm³/mol. The second-order valence-corrected chi connectivity index (χ2v) is 7.52. The molecule has 0 bridgehead atoms. The molecule has 0 spiro atoms. The van der Waals surface area contributed by atoms with Crippen LogP contribution < -0.4 is 10.6 Å². The molecule has 0 aromatic rings. The van der Waals surface area contributed by atoms with Gasteiger partial charge in [-0.05, 0) is 43.3 Å². The normalized spacial score (nSPS) is 30.7. The highest BCUT2D eigenvalue weighted by Gasteiger charge is 2.19. The molecule has 1 aliphatic carbocycles. The van der Waals surface area contributed by atoms with Crippen molar-refractivity contribution in [3.63, 3.8) is 0 Å². The van der Waals surface area contributed by atoms with E-state index >= 15 is 0 Å². The van der Waals surface area contributed by atoms with Crippen LogP contribution in [-0.2, 0) is 0 Å². The maximum absolute atomic E-state index is 4.34. The third-order valence-electron chi connectivity index (χ3n) is 4.35. The van der Waals surface area contributed by atoms with Crippen LogP contribution in [0.5, 0.6) is 0 Å². The SMILES string of the molecule is CN=C(NCC1CCCC(C)C1)NCC1CCCS1.I. The molecule has 0 amide bonds. The number of guanidine groups is 1. The second-order valence-electron chi connectivity index (χ2n) is 6.11. The summed E-state index contributed by atoms with van der Waals surface area (Å²) in [5.74, 6) is 4.07. The summed E-state index contributed by atoms with van der Waals surface area (Å²) in [6.07, 6.45) is 8.31. The van der Waals surface area contributed by atoms with Gasteiger partial charge in [0.1, 0.15) is 0 Å². The van der Waals surface area contributed by atoms with Crippen molar-refractivity contribution >= 4 is 41.7 Å². The number of hydrogen-bond acceptors (Lipinski definition) is 2. The van der Waals surface area contributed by atoms with Gasteiger partial charge in [0.25, 0.3) is 0 Å². The van der Waals surface area contributed by atoms with Gasteiger partial charge < -0.3 is 10.6 Å². The number of aliphatic imine (C=N–C) groups is 1. The minimum absolute atomic E-state index is 0. The zero-order valence-corrected chi connectivity index (χ0v) is 16.0. The Morgan fingerprint density at radius 1 is 1.15 bits per heavy atom. The second kappa shape index (κ2) is 10.1. The Bertz CT molecular complexity index is 293. The Labute approximate surface area is 145 Å². The zero-order chi connectivity index (χ0) is 13.5. The molecule has 118 valence electrons. The smallest absolute Gasteiger partial charge is 0.191 e. The molecule has 1 saturated heterocycles. The van der Waals surface area contributed by atoms with Crippen molar-refractivity contribution in [1.82, 2.24) is 10.6 Å². The average molecular weight is 411 g/mol. The van der Waals surface area contributed by atoms with E-state index in [1.807, 2.05) is 7.05 Å². The van der Waals surface area contributed by atoms with Crippen LogP contribution in [0.3, 0.4) is 0 Å². The predicted octanol–water partition coefficient (Wildman–Crippen LogP) is 3.49. The van der Waals surface area contributed by atoms with Gasteiger partial charge in [-0.2, -0.15) is 11.8 Å². The summed E-state index contributed by atoms with van der Waals surface area (Å²) in [6, 6.07) is 0. The Hall–Kier alpha value is 0.350. The van der Waals surface area contributed by atoms with Gasteiger partial charge >= 0.3 is 0 Å². The first-order chi connectivity index (χ1) is 9.28. The van der Waals surface area contributed by atoms with Crippen molar-refractivity contribution in [3.05, 3.63) is 0 Å². The Balaban J connectivity index is 0.00000200. The van der Waals surface area contributed by atoms with Crippen molar-refractivity contribution in [1.29, 1.82) is 0 Å². The molecule has 1 heterocycles. The molecular formula is C15H30IN3S. The molecule has 0 aromatic heterocycles. The molecule has 2 rings (SSSR count). The van der Waals surface area contributed by atoms with Crippen LogP contribution in [0.1, 0.15) is 45.4 Å². The lowest BCUT2D eigenvalue weighted by Gasteiger charge is -2.27. The number of halogens is 1. The molecule has 3 unspecified atom stereocenters. The molecular weight excluding hydrogens is 381 g/mol. The van der Waals surface area contributed by atoms with Crippen molar-refractivity contribution in [2.75, 3.05) is 25.9 Å². The van der Waals surface area contributed by atoms with E-state index in [9.17, 15) is 0 Å². The number of rotatable bonds is 4. The highest BCUT2D eigenvalue weighted by molar-refractivity contribution is 14.0. The van der Waals surface area contributed by atoms with E-state index in [0.29, 0.717) is 0 Å². The molecule has 3 atom stereocenters. The van der Waals surface area contributed by atoms with Crippen LogP contribution >= 0.6 is 35.7 Å². The maximum Gasteiger partial charge on any atom is 0.191 e. The zero-order valence-electron chi connectivity index (χ0n) is 12.9. The summed E-state index contributed by atoms with van der Waals surface area (Å²) in [5, 5.41) is 7.78. The van der Waals surface area contributed by atoms with Crippen LogP contribution in [0, 0.1) is 11.8 Å². The molecule has 20 heavy (non-hydrogen) atoms. The van der Waals surface area contributed by atoms with E-state index in [-0.39, 0.29) is 24.0 Å². The van der Waals surface area contributed by atoms with E-state index in [0.717, 1.165) is 36.1 Å². The first-order valence-electron chi connectivity index (χ1n) is 7.84. The molecule has 1 saturated carbocycles. The summed E-state index contributed by atoms with van der Waals surface area (Å²) < 4.78 is 0. The van der Waals surface area contributed by atoms with Crippen molar-refractivity contribution in [2.45, 2.75) is 50.7 Å². The summed E-state index contributed by atoms with van der Waals surface area (Å²) in [6.45, 7) is 4.53. The fourth-order valence-electron chi connectivity index (χ4n) is 3.22. The number of thioether (sulfide) groups is 1. The summed E-state index contributed by atoms with van der Waals surface area (Å²) in [4.78, 5) is 4.34. The van der Waals surface area contributed by atoms with Gasteiger partial charge in [-0.15, -0.1) is 24.0 Å². The topological polar surface area (TPSA) is 36.4 Å². The Kier molecular flexibility index (Phi) is 9.33. The highest BCUT2D eigenvalue weighted by atomic mass is 127. The third-order valence-corrected chi connectivity index (χ3v) is 5.75. The van der Waals surface area contributed by atoms with Crippen LogP contribution in [0.25, 0.3) is 0 Å². The molecule has 2 aliphatic rings. The maximum atomic E-state index is 4.34. The summed E-state index contributed by atoms with van der Waals surface area (Å²) in [5.41, 5.74) is 0. The van der Waals surface area contributed by atoms with E-state index < -0.39 is 0 Å². The van der Waals surface area contributed by atoms with Gasteiger partial charge in [0.15, 0.2) is 5.96 Å². The van der Waals surface area contributed by atoms with Gasteiger partial charge in [-0.1, -0.05) is 19.8 Å². The Morgan fingerprint density at radius 3 is 2.60 bits per heavy atom. The van der Waals surface area contributed by atoms with Gasteiger partial charge in [0.05, 0.1) is 0 Å². The fourth-order valence-corrected chi connectivity index (χ4v) is 4.42. The first-order valence-corrected chi connectivity index (χ1v) is 8.89. The quantitative estimate of drug-likeness (QED) is 0.423. The summed E-state index contributed by atoms with van der Waals surface area (Å²) in [7, 11) is 1.88. The lowest BCUT2D eigenvalue weighted by atomic mass is 9.82. The third kappa shape index (κ3) is 6.41. The van der Waals surface area contributed by atoms with Crippen LogP contribution in [0.4, 0.5) is 0 Å². The molecule has 2 fully saturated rings. The van der Waals surface area contributed by atoms with Crippen LogP contribution in [-0.4, -0.2) is 37.1 Å². The molecule has 0 aromatic carbocycles. The average Bonchev–Trinajstić information content (AvgIpc) is 2.92. The van der Waals surface area contributed by atoms with Crippen LogP contribution in [0.2, 0.25) is 0 Å². The standard InChI is InChI=1S/C15H29N3S.HI/c1-12-5-3-6-13(9-12)10-17-15(16-2)18-11-14-7-4-8-19-14;/h12-14H,3-11H2,1-2H3,(H2,16,17,18);1H. The minimum Gasteiger partial charge on any atom is -0.356 e. The summed E-state index contributed by atoms with van der Waals surface area (Å²) >= 11 is 2.10. The fraction of sp³-hybridized carbons (Fsp3) is 0.933. The van der Waals surface area contributed by atoms with Crippen molar-refractivity contribution < 1.29 is 0 Å². The van der Waals surface area contributed by atoms with E-state index in [4.69, 9.17) is 0 Å². The number of hydrogen-bond donors (Lipinski definition) is 2. The van der Waals surface area contributed by atoms with Gasteiger partial charge in [-0.25, -0.2) is 0 Å². The minimum atomic E-state index is 0. The largest absolute Gasteiger partial charge is 0.356 e.